The van der Waals surface area contributed by atoms with E-state index in [2.05, 4.69) is 0 Å². The standard InChI is InChI=1S/C16H17NO3/c1-19-14-8-6-12(7-9-14)11-20-16(18)10-13-4-2-3-5-15(13)17/h2-9H,10-11,17H2,1H3. The zero-order valence-corrected chi connectivity index (χ0v) is 11.3. The van der Waals surface area contributed by atoms with Gasteiger partial charge in [0.1, 0.15) is 12.4 Å². The third kappa shape index (κ3) is 3.75. The second-order valence-electron chi connectivity index (χ2n) is 4.38. The minimum atomic E-state index is -0.293. The lowest BCUT2D eigenvalue weighted by atomic mass is 10.1. The summed E-state index contributed by atoms with van der Waals surface area (Å²) in [6.07, 6.45) is 0.183. The molecule has 4 heteroatoms. The third-order valence-corrected chi connectivity index (χ3v) is 2.95. The van der Waals surface area contributed by atoms with Crippen molar-refractivity contribution in [2.75, 3.05) is 12.8 Å². The summed E-state index contributed by atoms with van der Waals surface area (Å²) in [6.45, 7) is 0.246. The van der Waals surface area contributed by atoms with Crippen LogP contribution >= 0.6 is 0 Å². The molecule has 0 aliphatic heterocycles. The molecule has 0 aromatic heterocycles. The number of benzene rings is 2. The van der Waals surface area contributed by atoms with Crippen LogP contribution in [0, 0.1) is 0 Å². The maximum absolute atomic E-state index is 11.8. The SMILES string of the molecule is COc1ccc(COC(=O)Cc2ccccc2N)cc1. The fourth-order valence-electron chi connectivity index (χ4n) is 1.79. The number of rotatable bonds is 5. The topological polar surface area (TPSA) is 61.5 Å². The summed E-state index contributed by atoms with van der Waals surface area (Å²) in [5.41, 5.74) is 8.09. The lowest BCUT2D eigenvalue weighted by Gasteiger charge is -2.07. The molecule has 0 amide bonds. The van der Waals surface area contributed by atoms with Gasteiger partial charge in [-0.1, -0.05) is 30.3 Å². The molecule has 0 atom stereocenters. The van der Waals surface area contributed by atoms with Crippen LogP contribution < -0.4 is 10.5 Å². The number of carbonyl (C=O) groups is 1. The minimum Gasteiger partial charge on any atom is -0.497 e. The molecule has 0 heterocycles. The first-order valence-corrected chi connectivity index (χ1v) is 6.31. The minimum absolute atomic E-state index is 0.183. The van der Waals surface area contributed by atoms with E-state index in [1.54, 1.807) is 13.2 Å². The van der Waals surface area contributed by atoms with Crippen molar-refractivity contribution in [1.82, 2.24) is 0 Å². The number of methoxy groups -OCH3 is 1. The molecule has 0 spiro atoms. The molecular weight excluding hydrogens is 254 g/mol. The van der Waals surface area contributed by atoms with E-state index in [-0.39, 0.29) is 19.0 Å². The molecule has 0 aliphatic carbocycles. The number of carbonyl (C=O) groups excluding carboxylic acids is 1. The molecule has 2 aromatic rings. The molecule has 20 heavy (non-hydrogen) atoms. The van der Waals surface area contributed by atoms with E-state index < -0.39 is 0 Å². The van der Waals surface area contributed by atoms with Crippen molar-refractivity contribution in [1.29, 1.82) is 0 Å². The highest BCUT2D eigenvalue weighted by Crippen LogP contribution is 2.14. The highest BCUT2D eigenvalue weighted by molar-refractivity contribution is 5.74. The predicted molar refractivity (Wildman–Crippen MR) is 77.3 cm³/mol. The molecule has 2 N–H and O–H groups in total. The smallest absolute Gasteiger partial charge is 0.310 e. The van der Waals surface area contributed by atoms with E-state index in [1.807, 2.05) is 42.5 Å². The molecule has 2 aromatic carbocycles. The van der Waals surface area contributed by atoms with Gasteiger partial charge in [-0.05, 0) is 29.3 Å². The maximum Gasteiger partial charge on any atom is 0.310 e. The zero-order valence-electron chi connectivity index (χ0n) is 11.3. The van der Waals surface area contributed by atoms with Gasteiger partial charge in [0.15, 0.2) is 0 Å². The van der Waals surface area contributed by atoms with E-state index in [0.717, 1.165) is 16.9 Å². The van der Waals surface area contributed by atoms with E-state index >= 15 is 0 Å². The van der Waals surface area contributed by atoms with Crippen LogP contribution in [0.3, 0.4) is 0 Å². The highest BCUT2D eigenvalue weighted by atomic mass is 16.5. The summed E-state index contributed by atoms with van der Waals surface area (Å²) in [5.74, 6) is 0.482. The van der Waals surface area contributed by atoms with Crippen molar-refractivity contribution in [2.24, 2.45) is 0 Å². The van der Waals surface area contributed by atoms with E-state index in [1.165, 1.54) is 0 Å². The van der Waals surface area contributed by atoms with Gasteiger partial charge < -0.3 is 15.2 Å². The van der Waals surface area contributed by atoms with Gasteiger partial charge in [0.25, 0.3) is 0 Å². The number of anilines is 1. The van der Waals surface area contributed by atoms with Gasteiger partial charge in [-0.3, -0.25) is 4.79 Å². The number of nitrogens with two attached hydrogens (primary N) is 1. The van der Waals surface area contributed by atoms with Crippen molar-refractivity contribution >= 4 is 11.7 Å². The molecule has 2 rings (SSSR count). The number of esters is 1. The highest BCUT2D eigenvalue weighted by Gasteiger charge is 2.07. The number of para-hydroxylation sites is 1. The van der Waals surface area contributed by atoms with E-state index in [4.69, 9.17) is 15.2 Å². The number of nitrogen functional groups attached to an aromatic ring is 1. The monoisotopic (exact) mass is 271 g/mol. The van der Waals surface area contributed by atoms with Crippen LogP contribution in [0.15, 0.2) is 48.5 Å². The Labute approximate surface area is 118 Å². The molecule has 0 radical (unpaired) electrons. The molecular formula is C16H17NO3. The van der Waals surface area contributed by atoms with E-state index in [9.17, 15) is 4.79 Å². The average molecular weight is 271 g/mol. The molecule has 0 saturated carbocycles. The fraction of sp³-hybridized carbons (Fsp3) is 0.188. The first kappa shape index (κ1) is 13.9. The Morgan fingerprint density at radius 1 is 1.10 bits per heavy atom. The molecule has 4 nitrogen and oxygen atoms in total. The summed E-state index contributed by atoms with van der Waals surface area (Å²) < 4.78 is 10.3. The van der Waals surface area contributed by atoms with Gasteiger partial charge in [0.05, 0.1) is 13.5 Å². The predicted octanol–water partition coefficient (Wildman–Crippen LogP) is 2.56. The van der Waals surface area contributed by atoms with Gasteiger partial charge in [-0.25, -0.2) is 0 Å². The zero-order chi connectivity index (χ0) is 14.4. The van der Waals surface area contributed by atoms with Crippen LogP contribution in [-0.2, 0) is 22.6 Å². The molecule has 0 fully saturated rings. The van der Waals surface area contributed by atoms with Crippen molar-refractivity contribution in [3.8, 4) is 5.75 Å². The van der Waals surface area contributed by atoms with Crippen LogP contribution in [-0.4, -0.2) is 13.1 Å². The van der Waals surface area contributed by atoms with Crippen LogP contribution in [0.5, 0.6) is 5.75 Å². The Balaban J connectivity index is 1.87. The van der Waals surface area contributed by atoms with Gasteiger partial charge in [0.2, 0.25) is 0 Å². The van der Waals surface area contributed by atoms with Crippen molar-refractivity contribution in [3.63, 3.8) is 0 Å². The van der Waals surface area contributed by atoms with Crippen LogP contribution in [0.25, 0.3) is 0 Å². The van der Waals surface area contributed by atoms with Gasteiger partial charge in [0, 0.05) is 5.69 Å². The number of ether oxygens (including phenoxy) is 2. The average Bonchev–Trinajstić information content (AvgIpc) is 2.48. The largest absolute Gasteiger partial charge is 0.497 e. The molecule has 0 aliphatic rings. The summed E-state index contributed by atoms with van der Waals surface area (Å²) in [5, 5.41) is 0. The molecule has 104 valence electrons. The number of hydrogen-bond acceptors (Lipinski definition) is 4. The summed E-state index contributed by atoms with van der Waals surface area (Å²) in [6, 6.07) is 14.7. The molecule has 0 unspecified atom stereocenters. The summed E-state index contributed by atoms with van der Waals surface area (Å²) >= 11 is 0. The Kier molecular flexibility index (Phi) is 4.60. The second-order valence-corrected chi connectivity index (χ2v) is 4.38. The van der Waals surface area contributed by atoms with Crippen molar-refractivity contribution < 1.29 is 14.3 Å². The van der Waals surface area contributed by atoms with Crippen LogP contribution in [0.2, 0.25) is 0 Å². The van der Waals surface area contributed by atoms with Crippen LogP contribution in [0.1, 0.15) is 11.1 Å². The summed E-state index contributed by atoms with van der Waals surface area (Å²) in [4.78, 5) is 11.8. The van der Waals surface area contributed by atoms with E-state index in [0.29, 0.717) is 5.69 Å². The Hall–Kier alpha value is -2.49. The summed E-state index contributed by atoms with van der Waals surface area (Å²) in [7, 11) is 1.61. The first-order valence-electron chi connectivity index (χ1n) is 6.31. The number of hydrogen-bond donors (Lipinski definition) is 1. The molecule has 0 saturated heterocycles. The fourth-order valence-corrected chi connectivity index (χ4v) is 1.79. The Morgan fingerprint density at radius 3 is 2.45 bits per heavy atom. The van der Waals surface area contributed by atoms with Gasteiger partial charge >= 0.3 is 5.97 Å². The molecule has 0 bridgehead atoms. The van der Waals surface area contributed by atoms with Crippen molar-refractivity contribution in [3.05, 3.63) is 59.7 Å². The second kappa shape index (κ2) is 6.61. The normalized spacial score (nSPS) is 10.1. The Bertz CT molecular complexity index is 579. The van der Waals surface area contributed by atoms with Crippen LogP contribution in [0.4, 0.5) is 5.69 Å². The third-order valence-electron chi connectivity index (χ3n) is 2.95. The quantitative estimate of drug-likeness (QED) is 0.670. The van der Waals surface area contributed by atoms with Crippen molar-refractivity contribution in [2.45, 2.75) is 13.0 Å². The van der Waals surface area contributed by atoms with Gasteiger partial charge in [-0.2, -0.15) is 0 Å². The lowest BCUT2D eigenvalue weighted by Crippen LogP contribution is -2.09. The maximum atomic E-state index is 11.8. The lowest BCUT2D eigenvalue weighted by molar-refractivity contribution is -0.144. The van der Waals surface area contributed by atoms with Gasteiger partial charge in [-0.15, -0.1) is 0 Å². The first-order chi connectivity index (χ1) is 9.69. The Morgan fingerprint density at radius 2 is 1.80 bits per heavy atom.